The van der Waals surface area contributed by atoms with Crippen LogP contribution in [0, 0.1) is 0 Å². The van der Waals surface area contributed by atoms with Crippen LogP contribution < -0.4 is 10.1 Å². The molecule has 0 saturated heterocycles. The first-order valence-electron chi connectivity index (χ1n) is 5.52. The molecular weight excluding hydrogens is 188 g/mol. The number of hydrogen-bond acceptors (Lipinski definition) is 3. The van der Waals surface area contributed by atoms with E-state index in [9.17, 15) is 0 Å². The largest absolute Gasteiger partial charge is 0.497 e. The zero-order valence-corrected chi connectivity index (χ0v) is 9.79. The van der Waals surface area contributed by atoms with Gasteiger partial charge in [0.1, 0.15) is 11.6 Å². The second-order valence-electron chi connectivity index (χ2n) is 3.77. The summed E-state index contributed by atoms with van der Waals surface area (Å²) in [4.78, 5) is 4.24. The maximum atomic E-state index is 5.14. The van der Waals surface area contributed by atoms with Crippen molar-refractivity contribution in [3.8, 4) is 5.75 Å². The number of pyridine rings is 1. The summed E-state index contributed by atoms with van der Waals surface area (Å²) in [5.74, 6) is 1.73. The van der Waals surface area contributed by atoms with Gasteiger partial charge < -0.3 is 10.1 Å². The molecule has 0 aliphatic rings. The van der Waals surface area contributed by atoms with Crippen molar-refractivity contribution in [3.63, 3.8) is 0 Å². The van der Waals surface area contributed by atoms with E-state index in [1.54, 1.807) is 13.3 Å². The Morgan fingerprint density at radius 2 is 2.33 bits per heavy atom. The molecule has 0 saturated carbocycles. The Morgan fingerprint density at radius 3 is 3.00 bits per heavy atom. The van der Waals surface area contributed by atoms with Gasteiger partial charge in [0.15, 0.2) is 0 Å². The molecule has 84 valence electrons. The molecule has 1 heterocycles. The number of ether oxygens (including phenoxy) is 1. The molecule has 0 spiro atoms. The summed E-state index contributed by atoms with van der Waals surface area (Å²) in [5, 5.41) is 3.36. The molecular formula is C12H20N2O. The molecule has 0 aliphatic carbocycles. The molecule has 0 radical (unpaired) electrons. The van der Waals surface area contributed by atoms with Crippen LogP contribution in [0.25, 0.3) is 0 Å². The Bertz CT molecular complexity index is 289. The van der Waals surface area contributed by atoms with Crippen LogP contribution in [0.5, 0.6) is 5.75 Å². The van der Waals surface area contributed by atoms with Crippen LogP contribution in [0.2, 0.25) is 0 Å². The average Bonchev–Trinajstić information content (AvgIpc) is 2.26. The third-order valence-corrected chi connectivity index (χ3v) is 2.35. The number of aromatic nitrogens is 1. The minimum atomic E-state index is 0.463. The first-order chi connectivity index (χ1) is 7.26. The normalized spacial score (nSPS) is 12.2. The van der Waals surface area contributed by atoms with Crippen molar-refractivity contribution in [3.05, 3.63) is 18.3 Å². The van der Waals surface area contributed by atoms with E-state index in [0.717, 1.165) is 11.6 Å². The molecule has 1 aromatic heterocycles. The predicted molar refractivity (Wildman–Crippen MR) is 63.4 cm³/mol. The number of methoxy groups -OCH3 is 1. The molecule has 3 heteroatoms. The van der Waals surface area contributed by atoms with E-state index in [4.69, 9.17) is 4.74 Å². The minimum Gasteiger partial charge on any atom is -0.497 e. The van der Waals surface area contributed by atoms with Gasteiger partial charge >= 0.3 is 0 Å². The van der Waals surface area contributed by atoms with Crippen molar-refractivity contribution in [2.24, 2.45) is 0 Å². The number of nitrogens with one attached hydrogen (secondary N) is 1. The molecule has 1 atom stereocenters. The highest BCUT2D eigenvalue weighted by Gasteiger charge is 2.02. The van der Waals surface area contributed by atoms with E-state index in [2.05, 4.69) is 24.1 Å². The molecule has 15 heavy (non-hydrogen) atoms. The van der Waals surface area contributed by atoms with E-state index < -0.39 is 0 Å². The fraction of sp³-hybridized carbons (Fsp3) is 0.583. The summed E-state index contributed by atoms with van der Waals surface area (Å²) < 4.78 is 5.14. The van der Waals surface area contributed by atoms with Gasteiger partial charge in [0.25, 0.3) is 0 Å². The van der Waals surface area contributed by atoms with Crippen LogP contribution in [-0.2, 0) is 0 Å². The Hall–Kier alpha value is -1.25. The zero-order chi connectivity index (χ0) is 11.1. The average molecular weight is 208 g/mol. The van der Waals surface area contributed by atoms with Gasteiger partial charge in [-0.05, 0) is 19.4 Å². The standard InChI is InChI=1S/C12H20N2O/c1-4-5-6-10(2)14-12-9-11(15-3)7-8-13-12/h7-10H,4-6H2,1-3H3,(H,13,14). The maximum absolute atomic E-state index is 5.14. The summed E-state index contributed by atoms with van der Waals surface area (Å²) in [6, 6.07) is 4.23. The highest BCUT2D eigenvalue weighted by molar-refractivity contribution is 5.41. The zero-order valence-electron chi connectivity index (χ0n) is 9.79. The lowest BCUT2D eigenvalue weighted by atomic mass is 10.1. The molecule has 1 N–H and O–H groups in total. The summed E-state index contributed by atoms with van der Waals surface area (Å²) >= 11 is 0. The topological polar surface area (TPSA) is 34.1 Å². The lowest BCUT2D eigenvalue weighted by Crippen LogP contribution is -2.15. The maximum Gasteiger partial charge on any atom is 0.129 e. The Balaban J connectivity index is 2.48. The smallest absolute Gasteiger partial charge is 0.129 e. The van der Waals surface area contributed by atoms with Crippen molar-refractivity contribution in [2.45, 2.75) is 39.2 Å². The van der Waals surface area contributed by atoms with Crippen LogP contribution in [0.15, 0.2) is 18.3 Å². The number of nitrogens with zero attached hydrogens (tertiary/aromatic N) is 1. The Kier molecular flexibility index (Phi) is 4.95. The van der Waals surface area contributed by atoms with Gasteiger partial charge in [0, 0.05) is 18.3 Å². The Morgan fingerprint density at radius 1 is 1.53 bits per heavy atom. The van der Waals surface area contributed by atoms with Crippen molar-refractivity contribution in [1.82, 2.24) is 4.98 Å². The third kappa shape index (κ3) is 4.19. The summed E-state index contributed by atoms with van der Waals surface area (Å²) in [5.41, 5.74) is 0. The number of unbranched alkanes of at least 4 members (excludes halogenated alkanes) is 1. The van der Waals surface area contributed by atoms with E-state index in [1.165, 1.54) is 19.3 Å². The van der Waals surface area contributed by atoms with Crippen LogP contribution in [-0.4, -0.2) is 18.1 Å². The SMILES string of the molecule is CCCCC(C)Nc1cc(OC)ccn1. The second kappa shape index (κ2) is 6.27. The molecule has 0 amide bonds. The van der Waals surface area contributed by atoms with Gasteiger partial charge in [0.05, 0.1) is 7.11 Å². The van der Waals surface area contributed by atoms with Crippen LogP contribution in [0.1, 0.15) is 33.1 Å². The summed E-state index contributed by atoms with van der Waals surface area (Å²) in [6.45, 7) is 4.38. The monoisotopic (exact) mass is 208 g/mol. The number of anilines is 1. The molecule has 3 nitrogen and oxygen atoms in total. The first kappa shape index (κ1) is 11.8. The summed E-state index contributed by atoms with van der Waals surface area (Å²) in [6.07, 6.45) is 5.42. The third-order valence-electron chi connectivity index (χ3n) is 2.35. The van der Waals surface area contributed by atoms with Gasteiger partial charge in [-0.2, -0.15) is 0 Å². The van der Waals surface area contributed by atoms with Crippen molar-refractivity contribution in [1.29, 1.82) is 0 Å². The van der Waals surface area contributed by atoms with Crippen molar-refractivity contribution in [2.75, 3.05) is 12.4 Å². The van der Waals surface area contributed by atoms with Crippen LogP contribution in [0.3, 0.4) is 0 Å². The fourth-order valence-electron chi connectivity index (χ4n) is 1.45. The predicted octanol–water partition coefficient (Wildman–Crippen LogP) is 3.08. The van der Waals surface area contributed by atoms with Crippen molar-refractivity contribution < 1.29 is 4.74 Å². The molecule has 0 bridgehead atoms. The van der Waals surface area contributed by atoms with Gasteiger partial charge in [-0.1, -0.05) is 19.8 Å². The first-order valence-corrected chi connectivity index (χ1v) is 5.52. The van der Waals surface area contributed by atoms with Crippen LogP contribution in [0.4, 0.5) is 5.82 Å². The highest BCUT2D eigenvalue weighted by atomic mass is 16.5. The quantitative estimate of drug-likeness (QED) is 0.780. The molecule has 1 unspecified atom stereocenters. The van der Waals surface area contributed by atoms with E-state index in [-0.39, 0.29) is 0 Å². The number of hydrogen-bond donors (Lipinski definition) is 1. The molecule has 1 rings (SSSR count). The second-order valence-corrected chi connectivity index (χ2v) is 3.77. The van der Waals surface area contributed by atoms with Gasteiger partial charge in [-0.15, -0.1) is 0 Å². The fourth-order valence-corrected chi connectivity index (χ4v) is 1.45. The molecule has 0 fully saturated rings. The summed E-state index contributed by atoms with van der Waals surface area (Å²) in [7, 11) is 1.67. The number of rotatable bonds is 6. The highest BCUT2D eigenvalue weighted by Crippen LogP contribution is 2.15. The van der Waals surface area contributed by atoms with Crippen LogP contribution >= 0.6 is 0 Å². The molecule has 1 aromatic rings. The van der Waals surface area contributed by atoms with Crippen molar-refractivity contribution >= 4 is 5.82 Å². The van der Waals surface area contributed by atoms with Gasteiger partial charge in [-0.3, -0.25) is 0 Å². The van der Waals surface area contributed by atoms with Gasteiger partial charge in [-0.25, -0.2) is 4.98 Å². The van der Waals surface area contributed by atoms with E-state index in [1.807, 2.05) is 12.1 Å². The minimum absolute atomic E-state index is 0.463. The van der Waals surface area contributed by atoms with E-state index >= 15 is 0 Å². The molecule has 0 aliphatic heterocycles. The lowest BCUT2D eigenvalue weighted by molar-refractivity contribution is 0.414. The van der Waals surface area contributed by atoms with E-state index in [0.29, 0.717) is 6.04 Å². The van der Waals surface area contributed by atoms with Gasteiger partial charge in [0.2, 0.25) is 0 Å². The molecule has 0 aromatic carbocycles. The Labute approximate surface area is 91.9 Å². The lowest BCUT2D eigenvalue weighted by Gasteiger charge is -2.14.